The lowest BCUT2D eigenvalue weighted by atomic mass is 9.97. The summed E-state index contributed by atoms with van der Waals surface area (Å²) in [5.74, 6) is -0.111. The van der Waals surface area contributed by atoms with E-state index in [1.807, 2.05) is 0 Å². The van der Waals surface area contributed by atoms with Crippen LogP contribution in [0, 0.1) is 0 Å². The van der Waals surface area contributed by atoms with Gasteiger partial charge in [0.05, 0.1) is 12.7 Å². The Bertz CT molecular complexity index is 311. The quantitative estimate of drug-likeness (QED) is 0.351. The lowest BCUT2D eigenvalue weighted by Crippen LogP contribution is -2.20. The fraction of sp³-hybridized carbons (Fsp3) is 0.706. The van der Waals surface area contributed by atoms with Gasteiger partial charge in [-0.3, -0.25) is 4.79 Å². The molecule has 3 nitrogen and oxygen atoms in total. The molecule has 0 spiro atoms. The van der Waals surface area contributed by atoms with Crippen LogP contribution < -0.4 is 0 Å². The number of rotatable bonds is 11. The summed E-state index contributed by atoms with van der Waals surface area (Å²) in [5.41, 5.74) is 0.0563. The maximum absolute atomic E-state index is 10.9. The molecule has 0 bridgehead atoms. The van der Waals surface area contributed by atoms with Gasteiger partial charge in [-0.25, -0.2) is 0 Å². The number of carbonyl (C=O) groups is 1. The Labute approximate surface area is 123 Å². The van der Waals surface area contributed by atoms with Crippen molar-refractivity contribution in [3.05, 3.63) is 24.3 Å². The van der Waals surface area contributed by atoms with Crippen LogP contribution in [0.15, 0.2) is 24.3 Å². The minimum atomic E-state index is -0.788. The van der Waals surface area contributed by atoms with Crippen molar-refractivity contribution in [2.24, 2.45) is 0 Å². The van der Waals surface area contributed by atoms with Crippen LogP contribution in [-0.2, 0) is 9.53 Å². The second-order valence-electron chi connectivity index (χ2n) is 5.72. The maximum atomic E-state index is 10.9. The molecule has 0 aliphatic rings. The summed E-state index contributed by atoms with van der Waals surface area (Å²) < 4.78 is 4.59. The van der Waals surface area contributed by atoms with Crippen LogP contribution >= 0.6 is 0 Å². The topological polar surface area (TPSA) is 46.5 Å². The standard InChI is InChI=1S/C17H30O3/c1-15(17(2,3)19)13-11-9-7-5-6-8-10-12-14-16(18)20-4/h9,11,19H,1,5-8,10,12-14H2,2-4H3/b11-9+. The van der Waals surface area contributed by atoms with Crippen LogP contribution in [0.4, 0.5) is 0 Å². The van der Waals surface area contributed by atoms with E-state index in [2.05, 4.69) is 23.5 Å². The maximum Gasteiger partial charge on any atom is 0.305 e. The first kappa shape index (κ1) is 18.9. The van der Waals surface area contributed by atoms with Crippen molar-refractivity contribution in [2.45, 2.75) is 70.8 Å². The van der Waals surface area contributed by atoms with Crippen molar-refractivity contribution in [3.8, 4) is 0 Å². The Kier molecular flexibility index (Phi) is 10.1. The molecule has 116 valence electrons. The lowest BCUT2D eigenvalue weighted by molar-refractivity contribution is -0.140. The monoisotopic (exact) mass is 282 g/mol. The van der Waals surface area contributed by atoms with E-state index in [-0.39, 0.29) is 5.97 Å². The molecule has 0 rings (SSSR count). The molecule has 0 aromatic carbocycles. The van der Waals surface area contributed by atoms with Crippen LogP contribution in [0.1, 0.15) is 65.2 Å². The summed E-state index contributed by atoms with van der Waals surface area (Å²) >= 11 is 0. The molecule has 0 aromatic rings. The van der Waals surface area contributed by atoms with E-state index in [9.17, 15) is 9.90 Å². The predicted molar refractivity (Wildman–Crippen MR) is 83.5 cm³/mol. The molecule has 0 radical (unpaired) electrons. The Hall–Kier alpha value is -1.09. The largest absolute Gasteiger partial charge is 0.469 e. The van der Waals surface area contributed by atoms with Gasteiger partial charge in [0.2, 0.25) is 0 Å². The molecule has 0 amide bonds. The van der Waals surface area contributed by atoms with Crippen molar-refractivity contribution in [1.82, 2.24) is 0 Å². The first-order chi connectivity index (χ1) is 9.38. The SMILES string of the molecule is C=C(C/C=C/CCCCCCCC(=O)OC)C(C)(C)O. The highest BCUT2D eigenvalue weighted by Crippen LogP contribution is 2.17. The second-order valence-corrected chi connectivity index (χ2v) is 5.72. The van der Waals surface area contributed by atoms with Gasteiger partial charge >= 0.3 is 5.97 Å². The van der Waals surface area contributed by atoms with Crippen molar-refractivity contribution >= 4 is 5.97 Å². The molecule has 0 aliphatic carbocycles. The molecule has 1 N–H and O–H groups in total. The number of ether oxygens (including phenoxy) is 1. The average molecular weight is 282 g/mol. The Morgan fingerprint density at radius 2 is 1.75 bits per heavy atom. The van der Waals surface area contributed by atoms with Gasteiger partial charge in [0.15, 0.2) is 0 Å². The molecule has 3 heteroatoms. The molecule has 0 unspecified atom stereocenters. The van der Waals surface area contributed by atoms with Crippen LogP contribution in [-0.4, -0.2) is 23.8 Å². The molecule has 0 aliphatic heterocycles. The number of allylic oxidation sites excluding steroid dienone is 2. The number of unbranched alkanes of at least 4 members (excludes halogenated alkanes) is 5. The minimum Gasteiger partial charge on any atom is -0.469 e. The fourth-order valence-corrected chi connectivity index (χ4v) is 1.76. The van der Waals surface area contributed by atoms with Crippen LogP contribution in [0.5, 0.6) is 0 Å². The van der Waals surface area contributed by atoms with Gasteiger partial charge in [0.25, 0.3) is 0 Å². The fourth-order valence-electron chi connectivity index (χ4n) is 1.76. The third-order valence-corrected chi connectivity index (χ3v) is 3.38. The Morgan fingerprint density at radius 3 is 2.35 bits per heavy atom. The highest BCUT2D eigenvalue weighted by atomic mass is 16.5. The predicted octanol–water partition coefficient (Wildman–Crippen LogP) is 4.16. The molecule has 20 heavy (non-hydrogen) atoms. The summed E-state index contributed by atoms with van der Waals surface area (Å²) in [4.78, 5) is 10.9. The van der Waals surface area contributed by atoms with Gasteiger partial charge in [-0.15, -0.1) is 0 Å². The second kappa shape index (κ2) is 10.7. The van der Waals surface area contributed by atoms with E-state index in [1.54, 1.807) is 13.8 Å². The summed E-state index contributed by atoms with van der Waals surface area (Å²) in [7, 11) is 1.43. The van der Waals surface area contributed by atoms with E-state index in [0.29, 0.717) is 6.42 Å². The number of esters is 1. The summed E-state index contributed by atoms with van der Waals surface area (Å²) in [6.07, 6.45) is 12.1. The van der Waals surface area contributed by atoms with Gasteiger partial charge in [-0.1, -0.05) is 38.0 Å². The number of hydrogen-bond acceptors (Lipinski definition) is 3. The number of methoxy groups -OCH3 is 1. The number of hydrogen-bond donors (Lipinski definition) is 1. The van der Waals surface area contributed by atoms with Crippen LogP contribution in [0.2, 0.25) is 0 Å². The highest BCUT2D eigenvalue weighted by molar-refractivity contribution is 5.68. The van der Waals surface area contributed by atoms with E-state index < -0.39 is 5.60 Å². The van der Waals surface area contributed by atoms with E-state index in [0.717, 1.165) is 31.3 Å². The van der Waals surface area contributed by atoms with E-state index in [1.165, 1.54) is 26.4 Å². The molecule has 0 saturated heterocycles. The van der Waals surface area contributed by atoms with Gasteiger partial charge in [-0.2, -0.15) is 0 Å². The van der Waals surface area contributed by atoms with Crippen LogP contribution in [0.3, 0.4) is 0 Å². The molecule has 0 saturated carbocycles. The molecule has 0 atom stereocenters. The van der Waals surface area contributed by atoms with Crippen molar-refractivity contribution in [3.63, 3.8) is 0 Å². The Morgan fingerprint density at radius 1 is 1.15 bits per heavy atom. The normalized spacial score (nSPS) is 11.8. The third kappa shape index (κ3) is 10.8. The van der Waals surface area contributed by atoms with Crippen molar-refractivity contribution in [2.75, 3.05) is 7.11 Å². The molecule has 0 aromatic heterocycles. The number of aliphatic hydroxyl groups is 1. The average Bonchev–Trinajstić information content (AvgIpc) is 2.39. The van der Waals surface area contributed by atoms with Gasteiger partial charge < -0.3 is 9.84 Å². The van der Waals surface area contributed by atoms with Crippen molar-refractivity contribution in [1.29, 1.82) is 0 Å². The van der Waals surface area contributed by atoms with E-state index >= 15 is 0 Å². The third-order valence-electron chi connectivity index (χ3n) is 3.38. The molecular formula is C17H30O3. The zero-order valence-corrected chi connectivity index (χ0v) is 13.3. The smallest absolute Gasteiger partial charge is 0.305 e. The molecular weight excluding hydrogens is 252 g/mol. The van der Waals surface area contributed by atoms with Gasteiger partial charge in [0.1, 0.15) is 0 Å². The summed E-state index contributed by atoms with van der Waals surface area (Å²) in [6, 6.07) is 0. The Balaban J connectivity index is 3.40. The minimum absolute atomic E-state index is 0.111. The highest BCUT2D eigenvalue weighted by Gasteiger charge is 2.14. The van der Waals surface area contributed by atoms with Gasteiger partial charge in [-0.05, 0) is 45.1 Å². The first-order valence-corrected chi connectivity index (χ1v) is 7.50. The molecule has 0 fully saturated rings. The van der Waals surface area contributed by atoms with E-state index in [4.69, 9.17) is 0 Å². The van der Waals surface area contributed by atoms with Crippen LogP contribution in [0.25, 0.3) is 0 Å². The zero-order valence-electron chi connectivity index (χ0n) is 13.3. The summed E-state index contributed by atoms with van der Waals surface area (Å²) in [6.45, 7) is 7.40. The molecule has 0 heterocycles. The van der Waals surface area contributed by atoms with Gasteiger partial charge in [0, 0.05) is 6.42 Å². The van der Waals surface area contributed by atoms with Crippen molar-refractivity contribution < 1.29 is 14.6 Å². The lowest BCUT2D eigenvalue weighted by Gasteiger charge is -2.18. The zero-order chi connectivity index (χ0) is 15.4. The first-order valence-electron chi connectivity index (χ1n) is 7.50. The summed E-state index contributed by atoms with van der Waals surface area (Å²) in [5, 5.41) is 9.70. The number of carbonyl (C=O) groups excluding carboxylic acids is 1.